The predicted octanol–water partition coefficient (Wildman–Crippen LogP) is 2.15. The van der Waals surface area contributed by atoms with Gasteiger partial charge < -0.3 is 20.3 Å². The summed E-state index contributed by atoms with van der Waals surface area (Å²) in [5.41, 5.74) is 0.250. The Hall–Kier alpha value is -3.46. The Balaban J connectivity index is 2.17. The average Bonchev–Trinajstić information content (AvgIpc) is 2.67. The molecule has 0 atom stereocenters. The maximum absolute atomic E-state index is 12.6. The third-order valence-corrected chi connectivity index (χ3v) is 3.87. The van der Waals surface area contributed by atoms with Gasteiger partial charge in [0, 0.05) is 30.4 Å². The van der Waals surface area contributed by atoms with Gasteiger partial charge in [0.05, 0.1) is 12.0 Å². The molecule has 28 heavy (non-hydrogen) atoms. The quantitative estimate of drug-likeness (QED) is 0.531. The first kappa shape index (κ1) is 20.8. The van der Waals surface area contributed by atoms with Crippen molar-refractivity contribution in [3.05, 3.63) is 63.7 Å². The van der Waals surface area contributed by atoms with E-state index in [1.54, 1.807) is 18.2 Å². The van der Waals surface area contributed by atoms with Gasteiger partial charge in [0.15, 0.2) is 0 Å². The van der Waals surface area contributed by atoms with Crippen molar-refractivity contribution in [2.75, 3.05) is 39.6 Å². The Labute approximate surface area is 162 Å². The summed E-state index contributed by atoms with van der Waals surface area (Å²) in [6, 6.07) is 10.3. The fourth-order valence-corrected chi connectivity index (χ4v) is 2.41. The van der Waals surface area contributed by atoms with E-state index in [2.05, 4.69) is 10.6 Å². The minimum atomic E-state index is -0.671. The van der Waals surface area contributed by atoms with Crippen LogP contribution in [0.5, 0.6) is 5.75 Å². The van der Waals surface area contributed by atoms with Crippen molar-refractivity contribution >= 4 is 23.2 Å². The number of rotatable bonds is 8. The number of hydrogen-bond acceptors (Lipinski definition) is 6. The fraction of sp³-hybridized carbons (Fsp3) is 0.263. The number of ether oxygens (including phenoxy) is 1. The number of nitrogens with zero attached hydrogens (tertiary/aromatic N) is 2. The molecule has 0 aliphatic carbocycles. The Morgan fingerprint density at radius 2 is 1.89 bits per heavy atom. The van der Waals surface area contributed by atoms with Crippen LogP contribution >= 0.6 is 0 Å². The second kappa shape index (κ2) is 9.47. The molecular weight excluding hydrogens is 364 g/mol. The summed E-state index contributed by atoms with van der Waals surface area (Å²) in [7, 11) is 5.21. The molecule has 0 spiro atoms. The van der Waals surface area contributed by atoms with E-state index in [1.165, 1.54) is 31.4 Å². The minimum Gasteiger partial charge on any atom is -0.497 e. The molecule has 0 aliphatic rings. The molecule has 0 saturated heterocycles. The van der Waals surface area contributed by atoms with Crippen LogP contribution in [0.4, 0.5) is 11.4 Å². The van der Waals surface area contributed by atoms with E-state index >= 15 is 0 Å². The number of carbonyl (C=O) groups excluding carboxylic acids is 2. The van der Waals surface area contributed by atoms with Crippen LogP contribution in [0.25, 0.3) is 0 Å². The van der Waals surface area contributed by atoms with Crippen LogP contribution in [-0.2, 0) is 0 Å². The predicted molar refractivity (Wildman–Crippen MR) is 105 cm³/mol. The highest BCUT2D eigenvalue weighted by Crippen LogP contribution is 2.25. The molecule has 0 unspecified atom stereocenters. The number of nitro benzene ring substituents is 1. The van der Waals surface area contributed by atoms with E-state index in [9.17, 15) is 19.7 Å². The zero-order chi connectivity index (χ0) is 20.7. The zero-order valence-corrected chi connectivity index (χ0v) is 15.9. The maximum atomic E-state index is 12.6. The van der Waals surface area contributed by atoms with Crippen molar-refractivity contribution in [1.29, 1.82) is 0 Å². The molecule has 2 amide bonds. The van der Waals surface area contributed by atoms with Gasteiger partial charge in [-0.25, -0.2) is 0 Å². The van der Waals surface area contributed by atoms with Gasteiger partial charge in [-0.15, -0.1) is 0 Å². The van der Waals surface area contributed by atoms with E-state index < -0.39 is 10.8 Å². The molecule has 2 N–H and O–H groups in total. The normalized spacial score (nSPS) is 10.4. The lowest BCUT2D eigenvalue weighted by atomic mass is 10.1. The minimum absolute atomic E-state index is 0.134. The van der Waals surface area contributed by atoms with E-state index in [1.807, 2.05) is 19.0 Å². The lowest BCUT2D eigenvalue weighted by molar-refractivity contribution is -0.385. The first-order valence-electron chi connectivity index (χ1n) is 8.48. The smallest absolute Gasteiger partial charge is 0.282 e. The highest BCUT2D eigenvalue weighted by atomic mass is 16.6. The molecule has 9 heteroatoms. The summed E-state index contributed by atoms with van der Waals surface area (Å²) in [6.45, 7) is 1.18. The number of benzene rings is 2. The van der Waals surface area contributed by atoms with Crippen LogP contribution in [0.1, 0.15) is 20.7 Å². The maximum Gasteiger partial charge on any atom is 0.282 e. The lowest BCUT2D eigenvalue weighted by Gasteiger charge is -2.11. The molecule has 0 saturated carbocycles. The van der Waals surface area contributed by atoms with E-state index in [-0.39, 0.29) is 17.2 Å². The SMILES string of the molecule is COc1ccc([N+](=O)[O-])c(C(=O)Nc2cccc(C(=O)NCCN(C)C)c2)c1. The average molecular weight is 386 g/mol. The van der Waals surface area contributed by atoms with E-state index in [4.69, 9.17) is 4.74 Å². The number of nitro groups is 1. The summed E-state index contributed by atoms with van der Waals surface area (Å²) in [5, 5.41) is 16.6. The van der Waals surface area contributed by atoms with Gasteiger partial charge in [-0.2, -0.15) is 0 Å². The first-order chi connectivity index (χ1) is 13.3. The number of nitrogens with one attached hydrogen (secondary N) is 2. The summed E-state index contributed by atoms with van der Waals surface area (Å²) in [4.78, 5) is 37.3. The summed E-state index contributed by atoms with van der Waals surface area (Å²) >= 11 is 0. The van der Waals surface area contributed by atoms with Crippen molar-refractivity contribution in [2.45, 2.75) is 0 Å². The number of hydrogen-bond donors (Lipinski definition) is 2. The highest BCUT2D eigenvalue weighted by molar-refractivity contribution is 6.08. The van der Waals surface area contributed by atoms with Crippen LogP contribution < -0.4 is 15.4 Å². The van der Waals surface area contributed by atoms with Crippen LogP contribution in [-0.4, -0.2) is 55.9 Å². The summed E-state index contributed by atoms with van der Waals surface area (Å²) < 4.78 is 5.04. The fourth-order valence-electron chi connectivity index (χ4n) is 2.41. The lowest BCUT2D eigenvalue weighted by Crippen LogP contribution is -2.31. The van der Waals surface area contributed by atoms with Gasteiger partial charge in [0.1, 0.15) is 11.3 Å². The Morgan fingerprint density at radius 1 is 1.14 bits per heavy atom. The van der Waals surface area contributed by atoms with Gasteiger partial charge in [-0.1, -0.05) is 6.07 Å². The Kier molecular flexibility index (Phi) is 7.05. The number of likely N-dealkylation sites (N-methyl/N-ethyl adjacent to an activating group) is 1. The number of anilines is 1. The van der Waals surface area contributed by atoms with Crippen molar-refractivity contribution in [1.82, 2.24) is 10.2 Å². The molecule has 0 heterocycles. The van der Waals surface area contributed by atoms with Gasteiger partial charge in [-0.3, -0.25) is 19.7 Å². The topological polar surface area (TPSA) is 114 Å². The van der Waals surface area contributed by atoms with Crippen LogP contribution in [0.2, 0.25) is 0 Å². The van der Waals surface area contributed by atoms with Gasteiger partial charge >= 0.3 is 0 Å². The molecule has 2 aromatic carbocycles. The molecule has 0 fully saturated rings. The number of amides is 2. The molecule has 0 bridgehead atoms. The molecule has 0 aromatic heterocycles. The largest absolute Gasteiger partial charge is 0.497 e. The van der Waals surface area contributed by atoms with Crippen molar-refractivity contribution in [3.63, 3.8) is 0 Å². The molecule has 148 valence electrons. The molecule has 2 aromatic rings. The molecular formula is C19H22N4O5. The van der Waals surface area contributed by atoms with Crippen LogP contribution in [0.3, 0.4) is 0 Å². The molecule has 9 nitrogen and oxygen atoms in total. The van der Waals surface area contributed by atoms with Gasteiger partial charge in [0.2, 0.25) is 0 Å². The Bertz CT molecular complexity index is 882. The third-order valence-electron chi connectivity index (χ3n) is 3.87. The van der Waals surface area contributed by atoms with E-state index in [0.29, 0.717) is 30.1 Å². The standard InChI is InChI=1S/C19H22N4O5/c1-22(2)10-9-20-18(24)13-5-4-6-14(11-13)21-19(25)16-12-15(28-3)7-8-17(16)23(26)27/h4-8,11-12H,9-10H2,1-3H3,(H,20,24)(H,21,25). The Morgan fingerprint density at radius 3 is 2.54 bits per heavy atom. The van der Waals surface area contributed by atoms with Crippen molar-refractivity contribution < 1.29 is 19.2 Å². The van der Waals surface area contributed by atoms with Gasteiger partial charge in [-0.05, 0) is 44.4 Å². The second-order valence-corrected chi connectivity index (χ2v) is 6.23. The van der Waals surface area contributed by atoms with Crippen molar-refractivity contribution in [2.24, 2.45) is 0 Å². The number of carbonyl (C=O) groups is 2. The monoisotopic (exact) mass is 386 g/mol. The summed E-state index contributed by atoms with van der Waals surface area (Å²) in [5.74, 6) is -0.620. The van der Waals surface area contributed by atoms with Crippen LogP contribution in [0.15, 0.2) is 42.5 Å². The highest BCUT2D eigenvalue weighted by Gasteiger charge is 2.21. The molecule has 2 rings (SSSR count). The molecule has 0 radical (unpaired) electrons. The van der Waals surface area contributed by atoms with Crippen molar-refractivity contribution in [3.8, 4) is 5.75 Å². The van der Waals surface area contributed by atoms with Gasteiger partial charge in [0.25, 0.3) is 17.5 Å². The first-order valence-corrected chi connectivity index (χ1v) is 8.48. The van der Waals surface area contributed by atoms with Crippen LogP contribution in [0, 0.1) is 10.1 Å². The molecule has 0 aliphatic heterocycles. The second-order valence-electron chi connectivity index (χ2n) is 6.23. The third kappa shape index (κ3) is 5.52. The zero-order valence-electron chi connectivity index (χ0n) is 15.9. The number of methoxy groups -OCH3 is 1. The van der Waals surface area contributed by atoms with E-state index in [0.717, 1.165) is 0 Å². The summed E-state index contributed by atoms with van der Waals surface area (Å²) in [6.07, 6.45) is 0.